The maximum atomic E-state index is 5.83. The first kappa shape index (κ1) is 12.1. The fourth-order valence-corrected chi connectivity index (χ4v) is 1.72. The summed E-state index contributed by atoms with van der Waals surface area (Å²) in [4.78, 5) is 5.65. The first-order chi connectivity index (χ1) is 8.29. The Hall–Kier alpha value is -1.35. The average molecular weight is 252 g/mol. The maximum Gasteiger partial charge on any atom is 0.152 e. The van der Waals surface area contributed by atoms with Gasteiger partial charge in [-0.1, -0.05) is 31.4 Å². The minimum atomic E-state index is 0.719. The number of nitrogens with one attached hydrogen (secondary N) is 1. The summed E-state index contributed by atoms with van der Waals surface area (Å²) >= 11 is 5.83. The van der Waals surface area contributed by atoms with E-state index in [1.165, 1.54) is 0 Å². The summed E-state index contributed by atoms with van der Waals surface area (Å²) in [6.45, 7) is 3.82. The Labute approximate surface area is 107 Å². The summed E-state index contributed by atoms with van der Waals surface area (Å²) in [5, 5.41) is 2.35. The molecule has 91 valence electrons. The van der Waals surface area contributed by atoms with E-state index in [0.29, 0.717) is 0 Å². The number of anilines is 1. The number of rotatable bonds is 5. The smallest absolute Gasteiger partial charge is 0.152 e. The first-order valence-corrected chi connectivity index (χ1v) is 6.15. The third kappa shape index (κ3) is 3.30. The van der Waals surface area contributed by atoms with Gasteiger partial charge in [0.2, 0.25) is 0 Å². The molecule has 0 saturated heterocycles. The van der Waals surface area contributed by atoms with Crippen LogP contribution in [0.4, 0.5) is 5.69 Å². The van der Waals surface area contributed by atoms with Crippen molar-refractivity contribution in [2.24, 2.45) is 0 Å². The highest BCUT2D eigenvalue weighted by molar-refractivity contribution is 6.30. The molecule has 0 amide bonds. The number of hydrogen-bond donors (Lipinski definition) is 1. The van der Waals surface area contributed by atoms with Gasteiger partial charge in [-0.05, 0) is 30.7 Å². The molecule has 0 bridgehead atoms. The van der Waals surface area contributed by atoms with E-state index in [1.54, 1.807) is 5.17 Å². The highest BCUT2D eigenvalue weighted by atomic mass is 35.5. The van der Waals surface area contributed by atoms with Crippen LogP contribution in [0.1, 0.15) is 25.7 Å². The van der Waals surface area contributed by atoms with E-state index < -0.39 is 0 Å². The van der Waals surface area contributed by atoms with Crippen LogP contribution in [0, 0.1) is 6.92 Å². The summed E-state index contributed by atoms with van der Waals surface area (Å²) in [6, 6.07) is 7.48. The highest BCUT2D eigenvalue weighted by Gasteiger charge is 2.15. The molecule has 17 heavy (non-hydrogen) atoms. The van der Waals surface area contributed by atoms with Gasteiger partial charge in [-0.3, -0.25) is 5.43 Å². The Kier molecular flexibility index (Phi) is 4.15. The Morgan fingerprint density at radius 2 is 2.00 bits per heavy atom. The Balaban J connectivity index is 1.85. The van der Waals surface area contributed by atoms with Crippen molar-refractivity contribution < 1.29 is 4.84 Å². The van der Waals surface area contributed by atoms with E-state index in [-0.39, 0.29) is 0 Å². The normalized spacial score (nSPS) is 14.2. The molecule has 0 saturated carbocycles. The van der Waals surface area contributed by atoms with Crippen molar-refractivity contribution >= 4 is 17.3 Å². The van der Waals surface area contributed by atoms with Crippen LogP contribution in [0.3, 0.4) is 0 Å². The molecule has 2 rings (SSSR count). The van der Waals surface area contributed by atoms with Crippen molar-refractivity contribution in [1.29, 1.82) is 0 Å². The van der Waals surface area contributed by atoms with E-state index >= 15 is 0 Å². The van der Waals surface area contributed by atoms with Crippen molar-refractivity contribution in [2.45, 2.75) is 25.7 Å². The molecule has 1 aromatic rings. The minimum absolute atomic E-state index is 0.719. The largest absolute Gasteiger partial charge is 0.362 e. The van der Waals surface area contributed by atoms with Crippen LogP contribution in [0.2, 0.25) is 5.02 Å². The van der Waals surface area contributed by atoms with Crippen LogP contribution in [-0.4, -0.2) is 0 Å². The molecule has 0 fully saturated rings. The number of hydrazine groups is 1. The number of benzene rings is 1. The predicted molar refractivity (Wildman–Crippen MR) is 70.1 cm³/mol. The summed E-state index contributed by atoms with van der Waals surface area (Å²) in [5.41, 5.74) is 3.99. The zero-order valence-electron chi connectivity index (χ0n) is 9.66. The molecule has 1 aromatic carbocycles. The molecule has 1 radical (unpaired) electrons. The van der Waals surface area contributed by atoms with Gasteiger partial charge in [0.25, 0.3) is 0 Å². The summed E-state index contributed by atoms with van der Waals surface area (Å²) in [5.74, 6) is 0.952. The van der Waals surface area contributed by atoms with E-state index in [2.05, 4.69) is 12.3 Å². The molecular weight excluding hydrogens is 236 g/mol. The molecule has 1 heterocycles. The number of allylic oxidation sites excluding steroid dienone is 1. The van der Waals surface area contributed by atoms with Gasteiger partial charge in [0, 0.05) is 11.4 Å². The molecule has 0 aliphatic carbocycles. The molecule has 0 unspecified atom stereocenters. The second-order valence-electron chi connectivity index (χ2n) is 3.91. The maximum absolute atomic E-state index is 5.83. The third-order valence-corrected chi connectivity index (χ3v) is 2.79. The molecule has 1 aliphatic heterocycles. The Morgan fingerprint density at radius 3 is 2.71 bits per heavy atom. The Bertz CT molecular complexity index is 389. The van der Waals surface area contributed by atoms with Gasteiger partial charge in [-0.25, -0.2) is 0 Å². The molecule has 4 heteroatoms. The molecule has 1 N–H and O–H groups in total. The number of hydrogen-bond acceptors (Lipinski definition) is 3. The zero-order chi connectivity index (χ0) is 12.1. The van der Waals surface area contributed by atoms with Gasteiger partial charge < -0.3 is 4.84 Å². The van der Waals surface area contributed by atoms with Crippen LogP contribution in [0.5, 0.6) is 0 Å². The van der Waals surface area contributed by atoms with Crippen LogP contribution >= 0.6 is 11.6 Å². The fraction of sp³-hybridized carbons (Fsp3) is 0.308. The molecule has 0 aromatic heterocycles. The SMILES string of the molecule is [CH2]CCCCC1=CNN(c2ccc(Cl)cc2)O1. The van der Waals surface area contributed by atoms with Gasteiger partial charge in [0.05, 0.1) is 11.9 Å². The second-order valence-corrected chi connectivity index (χ2v) is 4.35. The van der Waals surface area contributed by atoms with Crippen LogP contribution in [-0.2, 0) is 4.84 Å². The molecule has 1 aliphatic rings. The summed E-state index contributed by atoms with van der Waals surface area (Å²) in [6.07, 6.45) is 6.03. The van der Waals surface area contributed by atoms with Crippen molar-refractivity contribution in [2.75, 3.05) is 5.17 Å². The fourth-order valence-electron chi connectivity index (χ4n) is 1.60. The van der Waals surface area contributed by atoms with Crippen molar-refractivity contribution in [3.8, 4) is 0 Å². The summed E-state index contributed by atoms with van der Waals surface area (Å²) < 4.78 is 0. The lowest BCUT2D eigenvalue weighted by atomic mass is 10.2. The Morgan fingerprint density at radius 1 is 1.24 bits per heavy atom. The third-order valence-electron chi connectivity index (χ3n) is 2.54. The van der Waals surface area contributed by atoms with Crippen molar-refractivity contribution in [3.05, 3.63) is 48.2 Å². The number of nitrogens with zero attached hydrogens (tertiary/aromatic N) is 1. The minimum Gasteiger partial charge on any atom is -0.362 e. The van der Waals surface area contributed by atoms with E-state index in [0.717, 1.165) is 42.2 Å². The van der Waals surface area contributed by atoms with Gasteiger partial charge in [0.15, 0.2) is 5.76 Å². The monoisotopic (exact) mass is 251 g/mol. The summed E-state index contributed by atoms with van der Waals surface area (Å²) in [7, 11) is 0. The van der Waals surface area contributed by atoms with Gasteiger partial charge in [-0.15, -0.1) is 5.17 Å². The lowest BCUT2D eigenvalue weighted by Gasteiger charge is -2.17. The lowest BCUT2D eigenvalue weighted by molar-refractivity contribution is 0.182. The second kappa shape index (κ2) is 5.82. The average Bonchev–Trinajstić information content (AvgIpc) is 2.79. The van der Waals surface area contributed by atoms with E-state index in [4.69, 9.17) is 16.4 Å². The van der Waals surface area contributed by atoms with Gasteiger partial charge >= 0.3 is 0 Å². The first-order valence-electron chi connectivity index (χ1n) is 5.78. The van der Waals surface area contributed by atoms with Gasteiger partial charge in [0.1, 0.15) is 0 Å². The van der Waals surface area contributed by atoms with Crippen LogP contribution < -0.4 is 10.6 Å². The van der Waals surface area contributed by atoms with Crippen LogP contribution in [0.15, 0.2) is 36.2 Å². The van der Waals surface area contributed by atoms with E-state index in [9.17, 15) is 0 Å². The molecule has 3 nitrogen and oxygen atoms in total. The van der Waals surface area contributed by atoms with Crippen molar-refractivity contribution in [1.82, 2.24) is 5.43 Å². The number of unbranched alkanes of at least 4 members (excludes halogenated alkanes) is 2. The zero-order valence-corrected chi connectivity index (χ0v) is 10.4. The molecular formula is C13H16ClN2O. The quantitative estimate of drug-likeness (QED) is 0.805. The molecule has 0 spiro atoms. The van der Waals surface area contributed by atoms with Gasteiger partial charge in [-0.2, -0.15) is 0 Å². The number of halogens is 1. The standard InChI is InChI=1S/C13H16ClN2O/c1-2-3-4-5-13-10-15-16(17-13)12-8-6-11(14)7-9-12/h6-10,15H,1-5H2. The molecule has 0 atom stereocenters. The highest BCUT2D eigenvalue weighted by Crippen LogP contribution is 2.22. The van der Waals surface area contributed by atoms with Crippen LogP contribution in [0.25, 0.3) is 0 Å². The van der Waals surface area contributed by atoms with Crippen molar-refractivity contribution in [3.63, 3.8) is 0 Å². The predicted octanol–water partition coefficient (Wildman–Crippen LogP) is 3.83. The van der Waals surface area contributed by atoms with E-state index in [1.807, 2.05) is 30.5 Å². The lowest BCUT2D eigenvalue weighted by Crippen LogP contribution is -2.28. The topological polar surface area (TPSA) is 24.5 Å².